The van der Waals surface area contributed by atoms with Gasteiger partial charge in [-0.2, -0.15) is 12.6 Å². The van der Waals surface area contributed by atoms with Crippen LogP contribution in [0.25, 0.3) is 21.8 Å². The zero-order chi connectivity index (χ0) is 17.6. The maximum atomic E-state index is 12.5. The minimum atomic E-state index is -0.115. The number of hydrogen-bond donors (Lipinski definition) is 2. The molecule has 1 N–H and O–H groups in total. The van der Waals surface area contributed by atoms with Crippen molar-refractivity contribution in [2.24, 2.45) is 5.92 Å². The van der Waals surface area contributed by atoms with E-state index in [0.717, 1.165) is 33.3 Å². The highest BCUT2D eigenvalue weighted by Crippen LogP contribution is 2.38. The number of anilines is 1. The highest BCUT2D eigenvalue weighted by molar-refractivity contribution is 7.80. The molecule has 1 unspecified atom stereocenters. The first-order valence-corrected chi connectivity index (χ1v) is 9.56. The van der Waals surface area contributed by atoms with Gasteiger partial charge in [0.05, 0.1) is 0 Å². The maximum Gasteiger partial charge on any atom is 0.228 e. The van der Waals surface area contributed by atoms with E-state index >= 15 is 0 Å². The van der Waals surface area contributed by atoms with E-state index in [1.165, 1.54) is 11.3 Å². The molecule has 0 fully saturated rings. The first-order chi connectivity index (χ1) is 12.2. The summed E-state index contributed by atoms with van der Waals surface area (Å²) < 4.78 is 0. The zero-order valence-corrected chi connectivity index (χ0v) is 15.6. The van der Waals surface area contributed by atoms with Crippen LogP contribution in [-0.4, -0.2) is 21.6 Å². The number of aromatic nitrogens is 2. The lowest BCUT2D eigenvalue weighted by Gasteiger charge is -2.12. The van der Waals surface area contributed by atoms with Crippen molar-refractivity contribution in [2.75, 3.05) is 11.1 Å². The molecule has 0 aliphatic rings. The fourth-order valence-corrected chi connectivity index (χ4v) is 3.83. The Bertz CT molecular complexity index is 830. The van der Waals surface area contributed by atoms with Gasteiger partial charge in [-0.1, -0.05) is 48.6 Å². The van der Waals surface area contributed by atoms with Crippen molar-refractivity contribution in [1.29, 1.82) is 0 Å². The number of amides is 1. The van der Waals surface area contributed by atoms with Crippen LogP contribution in [0, 0.1) is 5.92 Å². The van der Waals surface area contributed by atoms with Gasteiger partial charge in [0.15, 0.2) is 0 Å². The maximum absolute atomic E-state index is 12.5. The van der Waals surface area contributed by atoms with Crippen molar-refractivity contribution < 1.29 is 4.79 Å². The molecule has 0 spiro atoms. The van der Waals surface area contributed by atoms with E-state index < -0.39 is 0 Å². The van der Waals surface area contributed by atoms with Crippen LogP contribution in [0.3, 0.4) is 0 Å². The number of carbonyl (C=O) groups is 1. The topological polar surface area (TPSA) is 54.9 Å². The van der Waals surface area contributed by atoms with E-state index in [4.69, 9.17) is 4.98 Å². The molecule has 2 aromatic heterocycles. The van der Waals surface area contributed by atoms with Crippen molar-refractivity contribution in [1.82, 2.24) is 9.97 Å². The predicted octanol–water partition coefficient (Wildman–Crippen LogP) is 4.77. The largest absolute Gasteiger partial charge is 0.316 e. The van der Waals surface area contributed by atoms with Crippen molar-refractivity contribution in [3.05, 3.63) is 54.9 Å². The molecule has 3 rings (SSSR count). The highest BCUT2D eigenvalue weighted by atomic mass is 32.1. The Morgan fingerprint density at radius 1 is 1.20 bits per heavy atom. The van der Waals surface area contributed by atoms with Gasteiger partial charge in [0.2, 0.25) is 5.91 Å². The third-order valence-electron chi connectivity index (χ3n) is 3.90. The summed E-state index contributed by atoms with van der Waals surface area (Å²) in [5.41, 5.74) is 2.70. The van der Waals surface area contributed by atoms with Crippen LogP contribution in [-0.2, 0) is 4.79 Å². The molecule has 1 atom stereocenters. The number of pyridine rings is 1. The molecule has 0 aliphatic carbocycles. The van der Waals surface area contributed by atoms with Gasteiger partial charge in [-0.3, -0.25) is 9.78 Å². The molecule has 2 heterocycles. The summed E-state index contributed by atoms with van der Waals surface area (Å²) in [5.74, 6) is 0.393. The van der Waals surface area contributed by atoms with Gasteiger partial charge in [-0.05, 0) is 18.6 Å². The molecule has 4 nitrogen and oxygen atoms in total. The van der Waals surface area contributed by atoms with Gasteiger partial charge in [0.25, 0.3) is 0 Å². The standard InChI is InChI=1S/C19H19N3OS2/c1-2-13(12-24)17(23)22-19-16(14-7-4-3-5-8-14)21-18(25-19)15-9-6-10-20-11-15/h3-11,13,24H,2,12H2,1H3,(H,22,23). The number of rotatable bonds is 6. The van der Waals surface area contributed by atoms with Gasteiger partial charge in [-0.25, -0.2) is 4.98 Å². The average Bonchev–Trinajstić information content (AvgIpc) is 3.08. The molecule has 25 heavy (non-hydrogen) atoms. The van der Waals surface area contributed by atoms with Crippen molar-refractivity contribution in [2.45, 2.75) is 13.3 Å². The number of nitrogens with zero attached hydrogens (tertiary/aromatic N) is 2. The zero-order valence-electron chi connectivity index (χ0n) is 13.8. The van der Waals surface area contributed by atoms with Crippen LogP contribution in [0.1, 0.15) is 13.3 Å². The molecule has 0 saturated heterocycles. The Kier molecular flexibility index (Phi) is 5.83. The summed E-state index contributed by atoms with van der Waals surface area (Å²) in [6.07, 6.45) is 4.27. The molecule has 0 radical (unpaired) electrons. The quantitative estimate of drug-likeness (QED) is 0.616. The smallest absolute Gasteiger partial charge is 0.228 e. The number of thiazole rings is 1. The molecule has 6 heteroatoms. The lowest BCUT2D eigenvalue weighted by molar-refractivity contribution is -0.119. The summed E-state index contributed by atoms with van der Waals surface area (Å²) in [7, 11) is 0. The third-order valence-corrected chi connectivity index (χ3v) is 5.36. The number of nitrogens with one attached hydrogen (secondary N) is 1. The molecule has 0 bridgehead atoms. The van der Waals surface area contributed by atoms with Crippen LogP contribution >= 0.6 is 24.0 Å². The monoisotopic (exact) mass is 369 g/mol. The summed E-state index contributed by atoms with van der Waals surface area (Å²) in [6.45, 7) is 1.99. The second-order valence-corrected chi connectivity index (χ2v) is 6.95. The van der Waals surface area contributed by atoms with E-state index in [2.05, 4.69) is 22.9 Å². The lowest BCUT2D eigenvalue weighted by atomic mass is 10.1. The number of benzene rings is 1. The minimum Gasteiger partial charge on any atom is -0.316 e. The Balaban J connectivity index is 2.00. The van der Waals surface area contributed by atoms with Crippen molar-refractivity contribution in [3.8, 4) is 21.8 Å². The fraction of sp³-hybridized carbons (Fsp3) is 0.211. The summed E-state index contributed by atoms with van der Waals surface area (Å²) in [5, 5.41) is 4.64. The Morgan fingerprint density at radius 3 is 2.60 bits per heavy atom. The molecule has 0 aliphatic heterocycles. The van der Waals surface area contributed by atoms with Gasteiger partial charge in [-0.15, -0.1) is 0 Å². The second-order valence-electron chi connectivity index (χ2n) is 5.58. The van der Waals surface area contributed by atoms with Crippen molar-refractivity contribution in [3.63, 3.8) is 0 Å². The van der Waals surface area contributed by atoms with E-state index in [1.54, 1.807) is 12.4 Å². The fourth-order valence-electron chi connectivity index (χ4n) is 2.42. The Labute approximate surface area is 156 Å². The SMILES string of the molecule is CCC(CS)C(=O)Nc1sc(-c2cccnc2)nc1-c1ccccc1. The first kappa shape index (κ1) is 17.6. The van der Waals surface area contributed by atoms with Gasteiger partial charge >= 0.3 is 0 Å². The van der Waals surface area contributed by atoms with E-state index in [0.29, 0.717) is 5.75 Å². The second kappa shape index (κ2) is 8.27. The highest BCUT2D eigenvalue weighted by Gasteiger charge is 2.20. The third kappa shape index (κ3) is 4.08. The summed E-state index contributed by atoms with van der Waals surface area (Å²) in [4.78, 5) is 21.4. The Morgan fingerprint density at radius 2 is 1.96 bits per heavy atom. The van der Waals surface area contributed by atoms with E-state index in [1.807, 2.05) is 49.4 Å². The van der Waals surface area contributed by atoms with Crippen LogP contribution in [0.5, 0.6) is 0 Å². The molecular formula is C19H19N3OS2. The number of hydrogen-bond acceptors (Lipinski definition) is 5. The van der Waals surface area contributed by atoms with Gasteiger partial charge < -0.3 is 5.32 Å². The van der Waals surface area contributed by atoms with Crippen LogP contribution in [0.4, 0.5) is 5.00 Å². The van der Waals surface area contributed by atoms with E-state index in [9.17, 15) is 4.79 Å². The molecule has 1 aromatic carbocycles. The molecular weight excluding hydrogens is 350 g/mol. The molecule has 128 valence electrons. The van der Waals surface area contributed by atoms with Crippen molar-refractivity contribution >= 4 is 34.9 Å². The lowest BCUT2D eigenvalue weighted by Crippen LogP contribution is -2.23. The first-order valence-electron chi connectivity index (χ1n) is 8.11. The predicted molar refractivity (Wildman–Crippen MR) is 107 cm³/mol. The minimum absolute atomic E-state index is 0.0175. The van der Waals surface area contributed by atoms with Crippen LogP contribution in [0.2, 0.25) is 0 Å². The summed E-state index contributed by atoms with van der Waals surface area (Å²) >= 11 is 5.74. The van der Waals surface area contributed by atoms with Gasteiger partial charge in [0.1, 0.15) is 15.7 Å². The van der Waals surface area contributed by atoms with E-state index in [-0.39, 0.29) is 11.8 Å². The number of carbonyl (C=O) groups excluding carboxylic acids is 1. The van der Waals surface area contributed by atoms with Crippen LogP contribution in [0.15, 0.2) is 54.9 Å². The van der Waals surface area contributed by atoms with Gasteiger partial charge in [0, 0.05) is 35.2 Å². The summed E-state index contributed by atoms with van der Waals surface area (Å²) in [6, 6.07) is 13.7. The average molecular weight is 370 g/mol. The number of thiol groups is 1. The normalized spacial score (nSPS) is 11.9. The molecule has 3 aromatic rings. The molecule has 0 saturated carbocycles. The Hall–Kier alpha value is -2.18. The molecule has 1 amide bonds. The van der Waals surface area contributed by atoms with Crippen LogP contribution < -0.4 is 5.32 Å².